The third kappa shape index (κ3) is 4.09. The Labute approximate surface area is 151 Å². The van der Waals surface area contributed by atoms with E-state index in [1.165, 1.54) is 0 Å². The number of H-pyrrole nitrogens is 1. The second kappa shape index (κ2) is 7.53. The van der Waals surface area contributed by atoms with Crippen molar-refractivity contribution in [2.45, 2.75) is 20.0 Å². The number of amides is 1. The van der Waals surface area contributed by atoms with Gasteiger partial charge in [-0.15, -0.1) is 11.6 Å². The van der Waals surface area contributed by atoms with Gasteiger partial charge in [0.1, 0.15) is 5.88 Å². The van der Waals surface area contributed by atoms with Gasteiger partial charge in [-0.1, -0.05) is 42.0 Å². The molecule has 0 radical (unpaired) electrons. The largest absolute Gasteiger partial charge is 0.333 e. The maximum atomic E-state index is 12.4. The molecular formula is C20H19ClN2O2. The molecule has 0 aliphatic rings. The van der Waals surface area contributed by atoms with Crippen molar-refractivity contribution in [2.75, 3.05) is 5.88 Å². The van der Waals surface area contributed by atoms with E-state index < -0.39 is 0 Å². The Morgan fingerprint density at radius 2 is 1.84 bits per heavy atom. The second-order valence-corrected chi connectivity index (χ2v) is 6.35. The summed E-state index contributed by atoms with van der Waals surface area (Å²) in [5.41, 5.74) is 3.26. The zero-order valence-electron chi connectivity index (χ0n) is 14.0. The Bertz CT molecular complexity index is 951. The molecule has 0 aliphatic carbocycles. The average molecular weight is 355 g/mol. The van der Waals surface area contributed by atoms with Gasteiger partial charge in [0.05, 0.1) is 6.54 Å². The van der Waals surface area contributed by atoms with Crippen molar-refractivity contribution in [1.29, 1.82) is 0 Å². The number of carbonyl (C=O) groups excluding carboxylic acids is 1. The number of hydrogen-bond donors (Lipinski definition) is 1. The molecule has 0 saturated carbocycles. The highest BCUT2D eigenvalue weighted by atomic mass is 35.5. The van der Waals surface area contributed by atoms with Gasteiger partial charge in [0, 0.05) is 17.6 Å². The van der Waals surface area contributed by atoms with Crippen molar-refractivity contribution in [2.24, 2.45) is 0 Å². The minimum Gasteiger partial charge on any atom is -0.333 e. The molecule has 1 N–H and O–H groups in total. The summed E-state index contributed by atoms with van der Waals surface area (Å²) in [6, 6.07) is 17.4. The van der Waals surface area contributed by atoms with Gasteiger partial charge >= 0.3 is 0 Å². The topological polar surface area (TPSA) is 53.2 Å². The van der Waals surface area contributed by atoms with E-state index in [9.17, 15) is 9.59 Å². The molecule has 25 heavy (non-hydrogen) atoms. The van der Waals surface area contributed by atoms with Gasteiger partial charge in [0.25, 0.3) is 5.56 Å². The molecule has 5 heteroatoms. The van der Waals surface area contributed by atoms with E-state index in [0.29, 0.717) is 12.1 Å². The van der Waals surface area contributed by atoms with Crippen LogP contribution in [0.2, 0.25) is 0 Å². The summed E-state index contributed by atoms with van der Waals surface area (Å²) < 4.78 is 0. The van der Waals surface area contributed by atoms with Crippen LogP contribution >= 0.6 is 11.6 Å². The summed E-state index contributed by atoms with van der Waals surface area (Å²) in [6.45, 7) is 2.64. The lowest BCUT2D eigenvalue weighted by Gasteiger charge is -2.22. The van der Waals surface area contributed by atoms with Gasteiger partial charge in [0.15, 0.2) is 0 Å². The average Bonchev–Trinajstić information content (AvgIpc) is 2.62. The molecule has 0 saturated heterocycles. The molecule has 0 aliphatic heterocycles. The summed E-state index contributed by atoms with van der Waals surface area (Å²) in [6.07, 6.45) is 0. The summed E-state index contributed by atoms with van der Waals surface area (Å²) in [4.78, 5) is 29.1. The van der Waals surface area contributed by atoms with Crippen molar-refractivity contribution in [1.82, 2.24) is 9.88 Å². The molecule has 4 nitrogen and oxygen atoms in total. The number of aromatic nitrogens is 1. The van der Waals surface area contributed by atoms with Gasteiger partial charge < -0.3 is 9.88 Å². The highest BCUT2D eigenvalue weighted by molar-refractivity contribution is 6.27. The van der Waals surface area contributed by atoms with E-state index in [1.54, 1.807) is 4.90 Å². The van der Waals surface area contributed by atoms with Crippen LogP contribution in [0.25, 0.3) is 10.9 Å². The Morgan fingerprint density at radius 3 is 2.56 bits per heavy atom. The highest BCUT2D eigenvalue weighted by Crippen LogP contribution is 2.15. The van der Waals surface area contributed by atoms with E-state index in [1.807, 2.05) is 61.5 Å². The molecule has 0 spiro atoms. The summed E-state index contributed by atoms with van der Waals surface area (Å²) in [7, 11) is 0. The second-order valence-electron chi connectivity index (χ2n) is 6.08. The first-order valence-corrected chi connectivity index (χ1v) is 8.60. The minimum atomic E-state index is -0.200. The fourth-order valence-corrected chi connectivity index (χ4v) is 2.98. The number of hydrogen-bond acceptors (Lipinski definition) is 2. The van der Waals surface area contributed by atoms with Crippen molar-refractivity contribution < 1.29 is 4.79 Å². The number of nitrogens with zero attached hydrogens (tertiary/aromatic N) is 1. The van der Waals surface area contributed by atoms with Crippen LogP contribution < -0.4 is 5.56 Å². The Balaban J connectivity index is 1.93. The van der Waals surface area contributed by atoms with Gasteiger partial charge in [0.2, 0.25) is 5.91 Å². The molecule has 0 fully saturated rings. The van der Waals surface area contributed by atoms with Crippen molar-refractivity contribution in [3.63, 3.8) is 0 Å². The van der Waals surface area contributed by atoms with Crippen LogP contribution in [0.1, 0.15) is 16.7 Å². The maximum Gasteiger partial charge on any atom is 0.253 e. The van der Waals surface area contributed by atoms with Crippen LogP contribution in [0.5, 0.6) is 0 Å². The van der Waals surface area contributed by atoms with Gasteiger partial charge in [-0.3, -0.25) is 9.59 Å². The number of pyridine rings is 1. The summed E-state index contributed by atoms with van der Waals surface area (Å²) >= 11 is 5.76. The fourth-order valence-electron chi connectivity index (χ4n) is 2.81. The van der Waals surface area contributed by atoms with Gasteiger partial charge in [-0.25, -0.2) is 0 Å². The number of fused-ring (bicyclic) bond motifs is 1. The fraction of sp³-hybridized carbons (Fsp3) is 0.200. The van der Waals surface area contributed by atoms with Crippen molar-refractivity contribution in [3.05, 3.63) is 81.6 Å². The first kappa shape index (κ1) is 17.2. The Kier molecular flexibility index (Phi) is 5.19. The normalized spacial score (nSPS) is 10.8. The lowest BCUT2D eigenvalue weighted by molar-refractivity contribution is -0.129. The predicted octanol–water partition coefficient (Wildman–Crippen LogP) is 3.60. The lowest BCUT2D eigenvalue weighted by atomic mass is 10.1. The number of aryl methyl sites for hydroxylation is 1. The van der Waals surface area contributed by atoms with E-state index in [0.717, 1.165) is 22.0 Å². The molecule has 3 rings (SSSR count). The molecule has 0 bridgehead atoms. The number of rotatable bonds is 5. The van der Waals surface area contributed by atoms with Crippen LogP contribution in [-0.2, 0) is 17.9 Å². The zero-order chi connectivity index (χ0) is 17.8. The quantitative estimate of drug-likeness (QED) is 0.712. The van der Waals surface area contributed by atoms with Crippen LogP contribution in [-0.4, -0.2) is 21.7 Å². The highest BCUT2D eigenvalue weighted by Gasteiger charge is 2.16. The number of carbonyl (C=O) groups is 1. The lowest BCUT2D eigenvalue weighted by Crippen LogP contribution is -2.33. The van der Waals surface area contributed by atoms with Crippen molar-refractivity contribution in [3.8, 4) is 0 Å². The third-order valence-corrected chi connectivity index (χ3v) is 4.35. The third-order valence-electron chi connectivity index (χ3n) is 4.12. The van der Waals surface area contributed by atoms with E-state index >= 15 is 0 Å². The molecule has 1 amide bonds. The van der Waals surface area contributed by atoms with E-state index in [-0.39, 0.29) is 23.9 Å². The molecule has 128 valence electrons. The molecule has 0 unspecified atom stereocenters. The zero-order valence-corrected chi connectivity index (χ0v) is 14.7. The number of benzene rings is 2. The van der Waals surface area contributed by atoms with Gasteiger partial charge in [-0.05, 0) is 36.1 Å². The van der Waals surface area contributed by atoms with Crippen molar-refractivity contribution >= 4 is 28.4 Å². The number of alkyl halides is 1. The standard InChI is InChI=1S/C20H19ClN2O2/c1-14-7-8-18-16(9-14)10-17(20(25)22-18)13-23(19(24)11-21)12-15-5-3-2-4-6-15/h2-10H,11-13H2,1H3,(H,22,25). The van der Waals surface area contributed by atoms with E-state index in [2.05, 4.69) is 4.98 Å². The molecule has 1 aromatic heterocycles. The first-order chi connectivity index (χ1) is 12.1. The molecular weight excluding hydrogens is 336 g/mol. The van der Waals surface area contributed by atoms with Crippen LogP contribution in [0.3, 0.4) is 0 Å². The Hall–Kier alpha value is -2.59. The molecule has 1 heterocycles. The van der Waals surface area contributed by atoms with Gasteiger partial charge in [-0.2, -0.15) is 0 Å². The maximum absolute atomic E-state index is 12.4. The van der Waals surface area contributed by atoms with Crippen LogP contribution in [0.15, 0.2) is 59.4 Å². The first-order valence-electron chi connectivity index (χ1n) is 8.07. The number of nitrogens with one attached hydrogen (secondary N) is 1. The predicted molar refractivity (Wildman–Crippen MR) is 101 cm³/mol. The molecule has 3 aromatic rings. The minimum absolute atomic E-state index is 0.114. The summed E-state index contributed by atoms with van der Waals surface area (Å²) in [5, 5.41) is 0.951. The van der Waals surface area contributed by atoms with Crippen LogP contribution in [0.4, 0.5) is 0 Å². The molecule has 2 aromatic carbocycles. The van der Waals surface area contributed by atoms with Crippen LogP contribution in [0, 0.1) is 6.92 Å². The van der Waals surface area contributed by atoms with E-state index in [4.69, 9.17) is 11.6 Å². The molecule has 0 atom stereocenters. The smallest absolute Gasteiger partial charge is 0.253 e. The number of aromatic amines is 1. The Morgan fingerprint density at radius 1 is 1.08 bits per heavy atom. The monoisotopic (exact) mass is 354 g/mol. The summed E-state index contributed by atoms with van der Waals surface area (Å²) in [5.74, 6) is -0.313. The SMILES string of the molecule is Cc1ccc2[nH]c(=O)c(CN(Cc3ccccc3)C(=O)CCl)cc2c1. The number of halogens is 1.